The second-order valence-corrected chi connectivity index (χ2v) is 6.87. The van der Waals surface area contributed by atoms with E-state index in [1.807, 2.05) is 0 Å². The van der Waals surface area contributed by atoms with E-state index in [4.69, 9.17) is 0 Å². The lowest BCUT2D eigenvalue weighted by atomic mass is 10.2. The molecule has 0 saturated carbocycles. The van der Waals surface area contributed by atoms with E-state index in [1.54, 1.807) is 0 Å². The maximum Gasteiger partial charge on any atom is 0.273 e. The van der Waals surface area contributed by atoms with Crippen LogP contribution in [0.15, 0.2) is 23.1 Å². The number of nitrogens with one attached hydrogen (secondary N) is 2. The van der Waals surface area contributed by atoms with Gasteiger partial charge in [-0.2, -0.15) is 0 Å². The molecule has 0 spiro atoms. The van der Waals surface area contributed by atoms with E-state index in [-0.39, 0.29) is 16.1 Å². The fraction of sp³-hybridized carbons (Fsp3) is 0.538. The van der Waals surface area contributed by atoms with E-state index in [0.717, 1.165) is 19.4 Å². The Morgan fingerprint density at radius 1 is 1.48 bits per heavy atom. The number of rotatable bonds is 6. The quantitative estimate of drug-likeness (QED) is 0.609. The Morgan fingerprint density at radius 3 is 2.86 bits per heavy atom. The first-order valence-corrected chi connectivity index (χ1v) is 8.37. The van der Waals surface area contributed by atoms with E-state index in [9.17, 15) is 18.5 Å². The molecule has 1 heterocycles. The normalized spacial score (nSPS) is 18.8. The lowest BCUT2D eigenvalue weighted by molar-refractivity contribution is -0.385. The number of benzene rings is 1. The molecule has 0 aliphatic carbocycles. The van der Waals surface area contributed by atoms with E-state index in [2.05, 4.69) is 10.0 Å². The number of nitro groups is 1. The van der Waals surface area contributed by atoms with Gasteiger partial charge in [0.1, 0.15) is 0 Å². The van der Waals surface area contributed by atoms with Gasteiger partial charge in [0.15, 0.2) is 0 Å². The van der Waals surface area contributed by atoms with Gasteiger partial charge in [-0.05, 0) is 38.8 Å². The summed E-state index contributed by atoms with van der Waals surface area (Å²) >= 11 is 0. The predicted octanol–water partition coefficient (Wildman–Crippen LogP) is 1.32. The first kappa shape index (κ1) is 15.9. The molecular formula is C13H19N3O4S. The second kappa shape index (κ2) is 6.50. The molecule has 1 fully saturated rings. The van der Waals surface area contributed by atoms with Gasteiger partial charge in [-0.3, -0.25) is 10.1 Å². The van der Waals surface area contributed by atoms with Crippen LogP contribution in [0, 0.1) is 17.0 Å². The van der Waals surface area contributed by atoms with E-state index < -0.39 is 14.9 Å². The average molecular weight is 313 g/mol. The molecule has 1 saturated heterocycles. The van der Waals surface area contributed by atoms with Gasteiger partial charge in [0.25, 0.3) is 5.69 Å². The van der Waals surface area contributed by atoms with E-state index >= 15 is 0 Å². The van der Waals surface area contributed by atoms with Gasteiger partial charge in [-0.25, -0.2) is 13.1 Å². The summed E-state index contributed by atoms with van der Waals surface area (Å²) in [5.74, 6) is 0. The Bertz CT molecular complexity index is 624. The number of sulfonamides is 1. The highest BCUT2D eigenvalue weighted by atomic mass is 32.2. The van der Waals surface area contributed by atoms with Crippen molar-refractivity contribution in [2.24, 2.45) is 0 Å². The Hall–Kier alpha value is -1.51. The molecule has 0 amide bonds. The zero-order chi connectivity index (χ0) is 15.5. The monoisotopic (exact) mass is 313 g/mol. The highest BCUT2D eigenvalue weighted by molar-refractivity contribution is 7.89. The van der Waals surface area contributed by atoms with Crippen molar-refractivity contribution in [3.05, 3.63) is 33.9 Å². The Labute approximate surface area is 123 Å². The maximum atomic E-state index is 12.2. The molecule has 2 rings (SSSR count). The molecule has 0 radical (unpaired) electrons. The third-order valence-corrected chi connectivity index (χ3v) is 5.29. The summed E-state index contributed by atoms with van der Waals surface area (Å²) in [5, 5.41) is 14.2. The van der Waals surface area contributed by atoms with Crippen molar-refractivity contribution in [1.82, 2.24) is 10.0 Å². The molecular weight excluding hydrogens is 294 g/mol. The van der Waals surface area contributed by atoms with Crippen molar-refractivity contribution in [3.63, 3.8) is 0 Å². The molecule has 1 aliphatic rings. The summed E-state index contributed by atoms with van der Waals surface area (Å²) in [7, 11) is -3.72. The summed E-state index contributed by atoms with van der Waals surface area (Å²) in [6.45, 7) is 2.74. The Kier molecular flexibility index (Phi) is 4.92. The van der Waals surface area contributed by atoms with Gasteiger partial charge >= 0.3 is 0 Å². The molecule has 7 nitrogen and oxygen atoms in total. The number of nitro benzene ring substituents is 1. The zero-order valence-corrected chi connectivity index (χ0v) is 12.6. The highest BCUT2D eigenvalue weighted by Gasteiger charge is 2.23. The Morgan fingerprint density at radius 2 is 2.24 bits per heavy atom. The molecule has 0 aromatic heterocycles. The van der Waals surface area contributed by atoms with Gasteiger partial charge in [0.2, 0.25) is 10.0 Å². The summed E-state index contributed by atoms with van der Waals surface area (Å²) < 4.78 is 27.0. The van der Waals surface area contributed by atoms with Gasteiger partial charge in [0.05, 0.1) is 9.82 Å². The fourth-order valence-electron chi connectivity index (χ4n) is 2.54. The topological polar surface area (TPSA) is 101 Å². The van der Waals surface area contributed by atoms with Gasteiger partial charge in [-0.15, -0.1) is 0 Å². The molecule has 0 unspecified atom stereocenters. The summed E-state index contributed by atoms with van der Waals surface area (Å²) in [6.07, 6.45) is 2.88. The van der Waals surface area contributed by atoms with Gasteiger partial charge in [0, 0.05) is 24.2 Å². The van der Waals surface area contributed by atoms with Crippen LogP contribution in [-0.2, 0) is 10.0 Å². The van der Waals surface area contributed by atoms with Crippen molar-refractivity contribution in [1.29, 1.82) is 0 Å². The van der Waals surface area contributed by atoms with Crippen LogP contribution >= 0.6 is 0 Å². The largest absolute Gasteiger partial charge is 0.314 e. The Balaban J connectivity index is 2.08. The third-order valence-electron chi connectivity index (χ3n) is 3.69. The molecule has 1 aromatic rings. The van der Waals surface area contributed by atoms with Crippen LogP contribution in [0.2, 0.25) is 0 Å². The van der Waals surface area contributed by atoms with Crippen molar-refractivity contribution >= 4 is 15.7 Å². The minimum atomic E-state index is -3.72. The second-order valence-electron chi connectivity index (χ2n) is 5.14. The zero-order valence-electron chi connectivity index (χ0n) is 11.8. The first-order valence-electron chi connectivity index (χ1n) is 6.89. The SMILES string of the molecule is Cc1c([N+](=O)[O-])cccc1S(=O)(=O)NCC[C@@H]1CCCN1. The van der Waals surface area contributed by atoms with E-state index in [1.165, 1.54) is 25.1 Å². The number of nitrogens with zero attached hydrogens (tertiary/aromatic N) is 1. The molecule has 1 aromatic carbocycles. The minimum absolute atomic E-state index is 0.0314. The number of hydrogen-bond donors (Lipinski definition) is 2. The highest BCUT2D eigenvalue weighted by Crippen LogP contribution is 2.24. The minimum Gasteiger partial charge on any atom is -0.314 e. The molecule has 8 heteroatoms. The summed E-state index contributed by atoms with van der Waals surface area (Å²) in [6, 6.07) is 4.42. The lowest BCUT2D eigenvalue weighted by Gasteiger charge is -2.12. The van der Waals surface area contributed by atoms with Crippen LogP contribution < -0.4 is 10.0 Å². The molecule has 21 heavy (non-hydrogen) atoms. The fourth-order valence-corrected chi connectivity index (χ4v) is 3.85. The van der Waals surface area contributed by atoms with Crippen LogP contribution in [0.3, 0.4) is 0 Å². The summed E-state index contributed by atoms with van der Waals surface area (Å²) in [4.78, 5) is 10.3. The van der Waals surface area contributed by atoms with Crippen LogP contribution in [0.5, 0.6) is 0 Å². The first-order chi connectivity index (χ1) is 9.92. The van der Waals surface area contributed by atoms with Crippen LogP contribution in [0.4, 0.5) is 5.69 Å². The van der Waals surface area contributed by atoms with Crippen molar-refractivity contribution in [2.75, 3.05) is 13.1 Å². The van der Waals surface area contributed by atoms with Gasteiger partial charge < -0.3 is 5.32 Å². The molecule has 116 valence electrons. The number of hydrogen-bond acceptors (Lipinski definition) is 5. The van der Waals surface area contributed by atoms with Gasteiger partial charge in [-0.1, -0.05) is 6.07 Å². The van der Waals surface area contributed by atoms with E-state index in [0.29, 0.717) is 19.0 Å². The van der Waals surface area contributed by atoms with Crippen LogP contribution in [0.25, 0.3) is 0 Å². The third kappa shape index (κ3) is 3.78. The molecule has 1 atom stereocenters. The van der Waals surface area contributed by atoms with Crippen molar-refractivity contribution < 1.29 is 13.3 Å². The molecule has 1 aliphatic heterocycles. The summed E-state index contributed by atoms with van der Waals surface area (Å²) in [5.41, 5.74) is -0.0238. The van der Waals surface area contributed by atoms with Crippen molar-refractivity contribution in [3.8, 4) is 0 Å². The standard InChI is InChI=1S/C13H19N3O4S/c1-10-12(16(17)18)5-2-6-13(10)21(19,20)15-9-7-11-4-3-8-14-11/h2,5-6,11,14-15H,3-4,7-9H2,1H3/t11-/m0/s1. The van der Waals surface area contributed by atoms with Crippen LogP contribution in [-0.4, -0.2) is 32.5 Å². The molecule has 2 N–H and O–H groups in total. The van der Waals surface area contributed by atoms with Crippen LogP contribution in [0.1, 0.15) is 24.8 Å². The predicted molar refractivity (Wildman–Crippen MR) is 78.7 cm³/mol. The average Bonchev–Trinajstić information content (AvgIpc) is 2.91. The smallest absolute Gasteiger partial charge is 0.273 e. The molecule has 0 bridgehead atoms. The van der Waals surface area contributed by atoms with Crippen molar-refractivity contribution in [2.45, 2.75) is 37.1 Å². The maximum absolute atomic E-state index is 12.2. The lowest BCUT2D eigenvalue weighted by Crippen LogP contribution is -2.31.